The third-order valence-corrected chi connectivity index (χ3v) is 17.0. The van der Waals surface area contributed by atoms with Gasteiger partial charge in [-0.25, -0.2) is 4.98 Å². The maximum absolute atomic E-state index is 13.2. The maximum Gasteiger partial charge on any atom is 0.297 e. The molecule has 28 nitrogen and oxygen atoms in total. The summed E-state index contributed by atoms with van der Waals surface area (Å²) in [7, 11) is -25.8. The summed E-state index contributed by atoms with van der Waals surface area (Å²) in [6, 6.07) is 22.4. The molecule has 2 heterocycles. The first-order valence-corrected chi connectivity index (χ1v) is 30.8. The lowest BCUT2D eigenvalue weighted by Gasteiger charge is -2.13. The fourth-order valence-electron chi connectivity index (χ4n) is 8.08. The number of aryl methyl sites for hydroxylation is 1. The van der Waals surface area contributed by atoms with Gasteiger partial charge >= 0.3 is 0 Å². The Bertz CT molecular complexity index is 4770. The standard InChI is InChI=1S/C47H37N9O19S6/c1-24-16-37(38(75-14-5-15-77(60,61)62)22-36(24)51-54-47-48-33-11-8-25(23-57)17-39(33)76-47)52-49-34-12-10-30-29(44(34)58)9-13-35(45(30)81(72,73)74)50-53-43-42(26-6-3-2-4-7-26)55-56(46(43)59)27-18-31-32(40(19-27)79(66,67)68)20-28(78(63,64)65)21-41(31)80(69,70)71/h2-4,6-13,16-22,57-59H,5,14-15,23H2,1H3,(H,60,61,62)(H,63,64,65)(H,66,67,68)(H,69,70,71)(H,72,73,74). The molecule has 9 rings (SSSR count). The third-order valence-electron chi connectivity index (χ3n) is 11.7. The van der Waals surface area contributed by atoms with Crippen molar-refractivity contribution in [2.75, 3.05) is 12.4 Å². The van der Waals surface area contributed by atoms with Gasteiger partial charge in [0.2, 0.25) is 11.0 Å². The Labute approximate surface area is 461 Å². The van der Waals surface area contributed by atoms with E-state index in [1.165, 1.54) is 53.8 Å². The quantitative estimate of drug-likeness (QED) is 0.0225. The van der Waals surface area contributed by atoms with Gasteiger partial charge in [0.1, 0.15) is 43.2 Å². The monoisotopic (exact) mass is 1220 g/mol. The fraction of sp³-hybridized carbons (Fsp3) is 0.106. The number of aromatic hydroxyl groups is 2. The minimum absolute atomic E-state index is 0.00439. The number of fused-ring (bicyclic) bond motifs is 3. The summed E-state index contributed by atoms with van der Waals surface area (Å²) in [6.45, 7) is 1.24. The molecule has 0 aliphatic heterocycles. The van der Waals surface area contributed by atoms with Crippen molar-refractivity contribution in [3.8, 4) is 34.3 Å². The number of nitrogens with zero attached hydrogens (tertiary/aromatic N) is 9. The van der Waals surface area contributed by atoms with Crippen molar-refractivity contribution in [1.82, 2.24) is 14.8 Å². The molecule has 0 saturated carbocycles. The predicted molar refractivity (Wildman–Crippen MR) is 289 cm³/mol. The molecule has 2 aromatic heterocycles. The first-order valence-electron chi connectivity index (χ1n) is 22.6. The molecule has 0 radical (unpaired) electrons. The lowest BCUT2D eigenvalue weighted by Crippen LogP contribution is -2.08. The third kappa shape index (κ3) is 12.5. The van der Waals surface area contributed by atoms with Gasteiger partial charge in [0.05, 0.1) is 45.5 Å². The van der Waals surface area contributed by atoms with E-state index in [-0.39, 0.29) is 69.6 Å². The topological polar surface area (TPSA) is 447 Å². The van der Waals surface area contributed by atoms with Crippen molar-refractivity contribution in [2.45, 2.75) is 39.5 Å². The largest absolute Gasteiger partial charge is 0.505 e. The highest BCUT2D eigenvalue weighted by Crippen LogP contribution is 2.46. The highest BCUT2D eigenvalue weighted by molar-refractivity contribution is 7.87. The van der Waals surface area contributed by atoms with Gasteiger partial charge in [-0.2, -0.15) is 51.9 Å². The molecular formula is C47H37N9O19S6. The Morgan fingerprint density at radius 2 is 1.25 bits per heavy atom. The fourth-order valence-corrected chi connectivity index (χ4v) is 12.3. The molecule has 0 atom stereocenters. The maximum atomic E-state index is 13.2. The molecule has 8 N–H and O–H groups in total. The SMILES string of the molecule is Cc1cc(N=Nc2ccc3c(S(=O)(=O)O)c(N=Nc4c(-c5ccccc5)nn(-c5cc(S(=O)(=O)O)c6cc(S(=O)(=O)O)cc(S(=O)(=O)O)c6c5)c4O)ccc3c2O)c(OCCCS(=O)(=O)O)cc1N=Nc1nc2ccc(CO)cc2s1. The lowest BCUT2D eigenvalue weighted by atomic mass is 10.1. The minimum atomic E-state index is -5.45. The van der Waals surface area contributed by atoms with Crippen molar-refractivity contribution in [1.29, 1.82) is 0 Å². The Morgan fingerprint density at radius 1 is 0.605 bits per heavy atom. The minimum Gasteiger partial charge on any atom is -0.505 e. The van der Waals surface area contributed by atoms with Crippen LogP contribution in [0.3, 0.4) is 0 Å². The zero-order chi connectivity index (χ0) is 58.6. The smallest absolute Gasteiger partial charge is 0.297 e. The van der Waals surface area contributed by atoms with Crippen LogP contribution in [0.2, 0.25) is 0 Å². The van der Waals surface area contributed by atoms with E-state index in [0.717, 1.165) is 29.0 Å². The van der Waals surface area contributed by atoms with Crippen LogP contribution >= 0.6 is 11.3 Å². The number of phenols is 1. The van der Waals surface area contributed by atoms with E-state index in [2.05, 4.69) is 40.8 Å². The second kappa shape index (κ2) is 21.7. The Morgan fingerprint density at radius 3 is 1.91 bits per heavy atom. The van der Waals surface area contributed by atoms with Gasteiger partial charge < -0.3 is 20.1 Å². The van der Waals surface area contributed by atoms with Crippen LogP contribution in [0, 0.1) is 6.92 Å². The van der Waals surface area contributed by atoms with E-state index < -0.39 is 115 Å². The molecule has 34 heteroatoms. The summed E-state index contributed by atoms with van der Waals surface area (Å²) in [5.74, 6) is -2.30. The van der Waals surface area contributed by atoms with E-state index >= 15 is 0 Å². The number of hydrogen-bond acceptors (Lipinski definition) is 23. The van der Waals surface area contributed by atoms with Crippen LogP contribution in [0.5, 0.6) is 17.4 Å². The van der Waals surface area contributed by atoms with Crippen molar-refractivity contribution in [2.24, 2.45) is 30.7 Å². The van der Waals surface area contributed by atoms with Crippen molar-refractivity contribution in [3.63, 3.8) is 0 Å². The van der Waals surface area contributed by atoms with Crippen LogP contribution in [-0.4, -0.2) is 107 Å². The highest BCUT2D eigenvalue weighted by Gasteiger charge is 2.29. The molecule has 0 aliphatic rings. The average Bonchev–Trinajstić information content (AvgIpc) is 3.56. The zero-order valence-corrected chi connectivity index (χ0v) is 45.7. The summed E-state index contributed by atoms with van der Waals surface area (Å²) < 4.78 is 181. The van der Waals surface area contributed by atoms with E-state index in [1.807, 2.05) is 0 Å². The van der Waals surface area contributed by atoms with E-state index in [0.29, 0.717) is 39.5 Å². The number of rotatable bonds is 18. The number of ether oxygens (including phenoxy) is 1. The Kier molecular flexibility index (Phi) is 15.4. The summed E-state index contributed by atoms with van der Waals surface area (Å²) in [6.07, 6.45) is -0.148. The van der Waals surface area contributed by atoms with Crippen LogP contribution in [0.15, 0.2) is 159 Å². The highest BCUT2D eigenvalue weighted by atomic mass is 32.2. The summed E-state index contributed by atoms with van der Waals surface area (Å²) in [5, 5.41) is 60.3. The molecule has 0 spiro atoms. The van der Waals surface area contributed by atoms with Crippen molar-refractivity contribution in [3.05, 3.63) is 120 Å². The average molecular weight is 1220 g/mol. The molecule has 0 aliphatic carbocycles. The molecule has 0 amide bonds. The van der Waals surface area contributed by atoms with Gasteiger partial charge in [-0.1, -0.05) is 53.8 Å². The second-order valence-electron chi connectivity index (χ2n) is 17.3. The molecule has 81 heavy (non-hydrogen) atoms. The molecular weight excluding hydrogens is 1190 g/mol. The summed E-state index contributed by atoms with van der Waals surface area (Å²) in [4.78, 5) is -0.140. The van der Waals surface area contributed by atoms with Crippen LogP contribution in [0.25, 0.3) is 48.7 Å². The van der Waals surface area contributed by atoms with E-state index in [9.17, 15) is 80.2 Å². The number of aliphatic hydroxyl groups excluding tert-OH is 1. The predicted octanol–water partition coefficient (Wildman–Crippen LogP) is 9.56. The second-order valence-corrected chi connectivity index (χ2v) is 25.4. The number of phenolic OH excluding ortho intramolecular Hbond substituents is 1. The van der Waals surface area contributed by atoms with Crippen LogP contribution in [-0.2, 0) is 57.2 Å². The molecule has 420 valence electrons. The van der Waals surface area contributed by atoms with Gasteiger partial charge in [-0.05, 0) is 85.1 Å². The summed E-state index contributed by atoms with van der Waals surface area (Å²) >= 11 is 1.22. The zero-order valence-electron chi connectivity index (χ0n) is 40.8. The van der Waals surface area contributed by atoms with Crippen molar-refractivity contribution < 1.29 is 84.9 Å². The number of azo groups is 3. The first-order chi connectivity index (χ1) is 38.0. The number of thiazole rings is 1. The van der Waals surface area contributed by atoms with E-state index in [1.54, 1.807) is 31.2 Å². The van der Waals surface area contributed by atoms with Crippen LogP contribution in [0.4, 0.5) is 33.6 Å². The normalized spacial score (nSPS) is 13.0. The first kappa shape index (κ1) is 57.6. The van der Waals surface area contributed by atoms with Gasteiger partial charge in [-0.3, -0.25) is 22.8 Å². The molecule has 0 bridgehead atoms. The Balaban J connectivity index is 1.10. The number of benzene rings is 7. The van der Waals surface area contributed by atoms with Gasteiger partial charge in [0.15, 0.2) is 11.4 Å². The van der Waals surface area contributed by atoms with E-state index in [4.69, 9.17) is 4.74 Å². The summed E-state index contributed by atoms with van der Waals surface area (Å²) in [5.41, 5.74) is -0.000198. The van der Waals surface area contributed by atoms with Gasteiger partial charge in [-0.15, -0.1) is 30.7 Å². The van der Waals surface area contributed by atoms with Gasteiger partial charge in [0.25, 0.3) is 50.6 Å². The lowest BCUT2D eigenvalue weighted by molar-refractivity contribution is 0.282. The number of aliphatic hydroxyl groups is 1. The van der Waals surface area contributed by atoms with Crippen LogP contribution < -0.4 is 4.74 Å². The molecule has 0 fully saturated rings. The Hall–Kier alpha value is -8.13. The molecule has 7 aromatic carbocycles. The molecule has 0 unspecified atom stereocenters. The number of hydrogen-bond donors (Lipinski definition) is 8. The molecule has 9 aromatic rings. The van der Waals surface area contributed by atoms with Gasteiger partial charge in [0, 0.05) is 33.2 Å². The number of aromatic nitrogens is 3. The van der Waals surface area contributed by atoms with Crippen LogP contribution in [0.1, 0.15) is 17.5 Å². The van der Waals surface area contributed by atoms with Crippen molar-refractivity contribution >= 4 is 127 Å². The molecule has 0 saturated heterocycles.